The molecule has 0 fully saturated rings. The number of nitrogens with one attached hydrogen (secondary N) is 2. The first-order valence-corrected chi connectivity index (χ1v) is 6.55. The van der Waals surface area contributed by atoms with Crippen molar-refractivity contribution in [3.05, 3.63) is 24.3 Å². The van der Waals surface area contributed by atoms with Crippen molar-refractivity contribution in [2.24, 2.45) is 0 Å². The van der Waals surface area contributed by atoms with Crippen LogP contribution in [0.1, 0.15) is 19.8 Å². The number of urea groups is 1. The van der Waals surface area contributed by atoms with E-state index in [-0.39, 0.29) is 6.03 Å². The van der Waals surface area contributed by atoms with Gasteiger partial charge in [0.25, 0.3) is 0 Å². The highest BCUT2D eigenvalue weighted by Crippen LogP contribution is 2.25. The number of hydrogen-bond donors (Lipinski definition) is 2. The Morgan fingerprint density at radius 2 is 1.84 bits per heavy atom. The summed E-state index contributed by atoms with van der Waals surface area (Å²) in [4.78, 5) is 11.3. The lowest BCUT2D eigenvalue weighted by Crippen LogP contribution is -2.38. The summed E-state index contributed by atoms with van der Waals surface area (Å²) < 4.78 is 10.7. The van der Waals surface area contributed by atoms with Crippen molar-refractivity contribution in [3.63, 3.8) is 0 Å². The monoisotopic (exact) mass is 266 g/mol. The summed E-state index contributed by atoms with van der Waals surface area (Å²) in [5, 5.41) is 5.51. The summed E-state index contributed by atoms with van der Waals surface area (Å²) in [6, 6.07) is 7.27. The lowest BCUT2D eigenvalue weighted by molar-refractivity contribution is 0.235. The van der Waals surface area contributed by atoms with Gasteiger partial charge in [-0.05, 0) is 18.6 Å². The fourth-order valence-electron chi connectivity index (χ4n) is 1.50. The smallest absolute Gasteiger partial charge is 0.314 e. The van der Waals surface area contributed by atoms with Gasteiger partial charge in [0.05, 0.1) is 13.7 Å². The molecular weight excluding hydrogens is 244 g/mol. The van der Waals surface area contributed by atoms with Crippen LogP contribution in [0.3, 0.4) is 0 Å². The second kappa shape index (κ2) is 9.08. The topological polar surface area (TPSA) is 59.6 Å². The Kier molecular flexibility index (Phi) is 7.24. The molecule has 1 aromatic rings. The molecule has 2 amide bonds. The molecule has 0 saturated heterocycles. The van der Waals surface area contributed by atoms with Crippen molar-refractivity contribution in [3.8, 4) is 11.5 Å². The molecule has 0 spiro atoms. The first kappa shape index (κ1) is 15.1. The Labute approximate surface area is 114 Å². The highest BCUT2D eigenvalue weighted by molar-refractivity contribution is 5.73. The number of carbonyl (C=O) groups excluding carboxylic acids is 1. The van der Waals surface area contributed by atoms with E-state index in [1.807, 2.05) is 24.3 Å². The molecular formula is C14H22N2O3. The molecule has 1 aromatic carbocycles. The number of carbonyl (C=O) groups is 1. The van der Waals surface area contributed by atoms with Crippen molar-refractivity contribution in [2.45, 2.75) is 19.8 Å². The van der Waals surface area contributed by atoms with Crippen LogP contribution in [-0.4, -0.2) is 32.8 Å². The number of hydrogen-bond acceptors (Lipinski definition) is 3. The number of benzene rings is 1. The third-order valence-electron chi connectivity index (χ3n) is 2.53. The quantitative estimate of drug-likeness (QED) is 0.709. The fraction of sp³-hybridized carbons (Fsp3) is 0.500. The number of rotatable bonds is 8. The minimum Gasteiger partial charge on any atom is -0.493 e. The molecule has 0 radical (unpaired) electrons. The molecule has 0 unspecified atom stereocenters. The zero-order valence-electron chi connectivity index (χ0n) is 11.6. The van der Waals surface area contributed by atoms with Gasteiger partial charge in [-0.2, -0.15) is 0 Å². The van der Waals surface area contributed by atoms with E-state index in [2.05, 4.69) is 17.6 Å². The molecule has 0 heterocycles. The third kappa shape index (κ3) is 5.99. The summed E-state index contributed by atoms with van der Waals surface area (Å²) in [5.74, 6) is 1.37. The highest BCUT2D eigenvalue weighted by atomic mass is 16.5. The maximum atomic E-state index is 11.3. The molecule has 19 heavy (non-hydrogen) atoms. The zero-order valence-corrected chi connectivity index (χ0v) is 11.6. The van der Waals surface area contributed by atoms with Crippen molar-refractivity contribution >= 4 is 6.03 Å². The van der Waals surface area contributed by atoms with E-state index in [1.54, 1.807) is 7.11 Å². The molecule has 0 bridgehead atoms. The van der Waals surface area contributed by atoms with Gasteiger partial charge in [0.1, 0.15) is 6.61 Å². The maximum absolute atomic E-state index is 11.3. The van der Waals surface area contributed by atoms with Gasteiger partial charge in [-0.1, -0.05) is 25.5 Å². The number of ether oxygens (including phenoxy) is 2. The van der Waals surface area contributed by atoms with Gasteiger partial charge < -0.3 is 20.1 Å². The number of unbranched alkanes of at least 4 members (excludes halogenated alkanes) is 1. The van der Waals surface area contributed by atoms with Crippen LogP contribution in [0.25, 0.3) is 0 Å². The Morgan fingerprint density at radius 3 is 2.53 bits per heavy atom. The molecule has 0 saturated carbocycles. The van der Waals surface area contributed by atoms with Crippen molar-refractivity contribution in [2.75, 3.05) is 26.8 Å². The Morgan fingerprint density at radius 1 is 1.16 bits per heavy atom. The minimum absolute atomic E-state index is 0.155. The maximum Gasteiger partial charge on any atom is 0.314 e. The predicted molar refractivity (Wildman–Crippen MR) is 74.8 cm³/mol. The van der Waals surface area contributed by atoms with Gasteiger partial charge in [0, 0.05) is 6.54 Å². The summed E-state index contributed by atoms with van der Waals surface area (Å²) in [5.41, 5.74) is 0. The predicted octanol–water partition coefficient (Wildman–Crippen LogP) is 2.17. The Balaban J connectivity index is 2.18. The second-order valence-electron chi connectivity index (χ2n) is 4.04. The average Bonchev–Trinajstić information content (AvgIpc) is 2.44. The molecule has 5 heteroatoms. The number of para-hydroxylation sites is 2. The lowest BCUT2D eigenvalue weighted by atomic mass is 10.3. The van der Waals surface area contributed by atoms with Crippen LogP contribution in [0, 0.1) is 0 Å². The van der Waals surface area contributed by atoms with Gasteiger partial charge in [-0.3, -0.25) is 0 Å². The summed E-state index contributed by atoms with van der Waals surface area (Å²) in [7, 11) is 1.60. The van der Waals surface area contributed by atoms with Crippen LogP contribution in [0.2, 0.25) is 0 Å². The van der Waals surface area contributed by atoms with Gasteiger partial charge in [0.2, 0.25) is 0 Å². The van der Waals surface area contributed by atoms with Gasteiger partial charge in [-0.15, -0.1) is 0 Å². The van der Waals surface area contributed by atoms with Crippen LogP contribution in [-0.2, 0) is 0 Å². The van der Waals surface area contributed by atoms with Crippen LogP contribution in [0.15, 0.2) is 24.3 Å². The Bertz CT molecular complexity index is 383. The van der Waals surface area contributed by atoms with E-state index in [1.165, 1.54) is 0 Å². The van der Waals surface area contributed by atoms with Crippen molar-refractivity contribution in [1.82, 2.24) is 10.6 Å². The molecule has 0 aromatic heterocycles. The van der Waals surface area contributed by atoms with E-state index < -0.39 is 0 Å². The molecule has 0 atom stereocenters. The SMILES string of the molecule is CCCCNC(=O)NCCOc1ccccc1OC. The minimum atomic E-state index is -0.155. The number of methoxy groups -OCH3 is 1. The Hall–Kier alpha value is -1.91. The first-order chi connectivity index (χ1) is 9.27. The van der Waals surface area contributed by atoms with E-state index in [0.29, 0.717) is 31.2 Å². The highest BCUT2D eigenvalue weighted by Gasteiger charge is 2.02. The largest absolute Gasteiger partial charge is 0.493 e. The first-order valence-electron chi connectivity index (χ1n) is 6.55. The second-order valence-corrected chi connectivity index (χ2v) is 4.04. The molecule has 5 nitrogen and oxygen atoms in total. The van der Waals surface area contributed by atoms with E-state index in [0.717, 1.165) is 12.8 Å². The normalized spacial score (nSPS) is 9.79. The zero-order chi connectivity index (χ0) is 13.9. The molecule has 0 aliphatic rings. The molecule has 2 N–H and O–H groups in total. The number of amides is 2. The van der Waals surface area contributed by atoms with Gasteiger partial charge in [-0.25, -0.2) is 4.79 Å². The van der Waals surface area contributed by atoms with Crippen molar-refractivity contribution < 1.29 is 14.3 Å². The van der Waals surface area contributed by atoms with Crippen LogP contribution >= 0.6 is 0 Å². The summed E-state index contributed by atoms with van der Waals surface area (Å²) in [6.07, 6.45) is 2.06. The average molecular weight is 266 g/mol. The van der Waals surface area contributed by atoms with Crippen LogP contribution in [0.5, 0.6) is 11.5 Å². The standard InChI is InChI=1S/C14H22N2O3/c1-3-4-9-15-14(17)16-10-11-19-13-8-6-5-7-12(13)18-2/h5-8H,3-4,9-11H2,1-2H3,(H2,15,16,17). The lowest BCUT2D eigenvalue weighted by Gasteiger charge is -2.11. The van der Waals surface area contributed by atoms with Gasteiger partial charge in [0.15, 0.2) is 11.5 Å². The van der Waals surface area contributed by atoms with E-state index >= 15 is 0 Å². The summed E-state index contributed by atoms with van der Waals surface area (Å²) in [6.45, 7) is 3.65. The molecule has 0 aliphatic heterocycles. The fourth-order valence-corrected chi connectivity index (χ4v) is 1.50. The van der Waals surface area contributed by atoms with Crippen LogP contribution in [0.4, 0.5) is 4.79 Å². The van der Waals surface area contributed by atoms with Gasteiger partial charge >= 0.3 is 6.03 Å². The summed E-state index contributed by atoms with van der Waals surface area (Å²) >= 11 is 0. The molecule has 1 rings (SSSR count). The van der Waals surface area contributed by atoms with E-state index in [4.69, 9.17) is 9.47 Å². The van der Waals surface area contributed by atoms with Crippen molar-refractivity contribution in [1.29, 1.82) is 0 Å². The van der Waals surface area contributed by atoms with E-state index in [9.17, 15) is 4.79 Å². The third-order valence-corrected chi connectivity index (χ3v) is 2.53. The van der Waals surface area contributed by atoms with Crippen LogP contribution < -0.4 is 20.1 Å². The molecule has 0 aliphatic carbocycles. The molecule has 106 valence electrons.